The Hall–Kier alpha value is -0.0800. The van der Waals surface area contributed by atoms with Crippen molar-refractivity contribution in [3.05, 3.63) is 0 Å². The van der Waals surface area contributed by atoms with Gasteiger partial charge >= 0.3 is 0 Å². The highest BCUT2D eigenvalue weighted by atomic mass is 15.3. The second kappa shape index (κ2) is 22.9. The van der Waals surface area contributed by atoms with E-state index >= 15 is 0 Å². The Morgan fingerprint density at radius 1 is 0.333 bits per heavy atom. The zero-order valence-electron chi connectivity index (χ0n) is 17.1. The predicted molar refractivity (Wildman–Crippen MR) is 110 cm³/mol. The van der Waals surface area contributed by atoms with E-state index in [1.54, 1.807) is 0 Å². The topological polar surface area (TPSA) is 24.1 Å². The van der Waals surface area contributed by atoms with Gasteiger partial charge in [-0.05, 0) is 12.8 Å². The molecule has 0 aromatic carbocycles. The summed E-state index contributed by atoms with van der Waals surface area (Å²) >= 11 is 0. The first-order valence-electron chi connectivity index (χ1n) is 11.4. The summed E-state index contributed by atoms with van der Waals surface area (Å²) in [7, 11) is 0. The second-order valence-corrected chi connectivity index (χ2v) is 7.51. The molecule has 2 heteroatoms. The molecule has 0 atom stereocenters. The molecule has 0 aliphatic rings. The first-order chi connectivity index (χ1) is 11.9. The highest BCUT2D eigenvalue weighted by Crippen LogP contribution is 2.13. The van der Waals surface area contributed by atoms with Crippen molar-refractivity contribution in [1.82, 2.24) is 10.9 Å². The molecule has 0 aliphatic carbocycles. The zero-order valence-corrected chi connectivity index (χ0v) is 17.1. The number of hydrogen-bond donors (Lipinski definition) is 2. The van der Waals surface area contributed by atoms with E-state index in [4.69, 9.17) is 0 Å². The molecule has 0 amide bonds. The van der Waals surface area contributed by atoms with E-state index in [2.05, 4.69) is 24.7 Å². The van der Waals surface area contributed by atoms with Crippen molar-refractivity contribution in [1.29, 1.82) is 0 Å². The summed E-state index contributed by atoms with van der Waals surface area (Å²) in [5.74, 6) is 0. The molecule has 0 bridgehead atoms. The maximum atomic E-state index is 3.32. The van der Waals surface area contributed by atoms with E-state index in [1.807, 2.05) is 0 Å². The van der Waals surface area contributed by atoms with Crippen LogP contribution in [-0.2, 0) is 0 Å². The maximum Gasteiger partial charge on any atom is 0.00997 e. The molecule has 0 fully saturated rings. The van der Waals surface area contributed by atoms with Gasteiger partial charge in [0.15, 0.2) is 0 Å². The van der Waals surface area contributed by atoms with Gasteiger partial charge in [0.05, 0.1) is 0 Å². The molecule has 0 aromatic heterocycles. The van der Waals surface area contributed by atoms with Crippen molar-refractivity contribution in [3.63, 3.8) is 0 Å². The van der Waals surface area contributed by atoms with E-state index in [-0.39, 0.29) is 0 Å². The largest absolute Gasteiger partial charge is 0.258 e. The zero-order chi connectivity index (χ0) is 17.6. The van der Waals surface area contributed by atoms with E-state index in [0.29, 0.717) is 0 Å². The minimum atomic E-state index is 1.11. The van der Waals surface area contributed by atoms with Crippen molar-refractivity contribution >= 4 is 0 Å². The smallest absolute Gasteiger partial charge is 0.00997 e. The van der Waals surface area contributed by atoms with Crippen LogP contribution in [0.5, 0.6) is 0 Å². The number of hydrogen-bond acceptors (Lipinski definition) is 2. The summed E-state index contributed by atoms with van der Waals surface area (Å²) in [5.41, 5.74) is 6.61. The monoisotopic (exact) mass is 340 g/mol. The number of nitrogens with one attached hydrogen (secondary N) is 2. The molecule has 0 aliphatic heterocycles. The van der Waals surface area contributed by atoms with E-state index in [9.17, 15) is 0 Å². The van der Waals surface area contributed by atoms with Crippen LogP contribution < -0.4 is 10.9 Å². The van der Waals surface area contributed by atoms with Crippen LogP contribution in [0.4, 0.5) is 0 Å². The van der Waals surface area contributed by atoms with Crippen LogP contribution in [0.1, 0.15) is 129 Å². The predicted octanol–water partition coefficient (Wildman–Crippen LogP) is 7.14. The van der Waals surface area contributed by atoms with Gasteiger partial charge in [0.25, 0.3) is 0 Å². The van der Waals surface area contributed by atoms with Gasteiger partial charge in [-0.15, -0.1) is 0 Å². The summed E-state index contributed by atoms with van der Waals surface area (Å²) in [5, 5.41) is 0. The van der Waals surface area contributed by atoms with E-state index in [1.165, 1.54) is 116 Å². The molecular formula is C22H48N2. The van der Waals surface area contributed by atoms with Crippen LogP contribution in [-0.4, -0.2) is 13.1 Å². The lowest BCUT2D eigenvalue weighted by Crippen LogP contribution is -2.33. The maximum absolute atomic E-state index is 3.32. The number of rotatable bonds is 21. The fourth-order valence-electron chi connectivity index (χ4n) is 3.20. The second-order valence-electron chi connectivity index (χ2n) is 7.51. The van der Waals surface area contributed by atoms with Crippen molar-refractivity contribution < 1.29 is 0 Å². The Labute approximate surface area is 153 Å². The minimum Gasteiger partial charge on any atom is -0.258 e. The van der Waals surface area contributed by atoms with Crippen LogP contribution in [0.25, 0.3) is 0 Å². The Bertz CT molecular complexity index is 184. The molecule has 0 rings (SSSR count). The fourth-order valence-corrected chi connectivity index (χ4v) is 3.20. The van der Waals surface area contributed by atoms with Crippen molar-refractivity contribution in [3.8, 4) is 0 Å². The van der Waals surface area contributed by atoms with Gasteiger partial charge in [0.1, 0.15) is 0 Å². The molecule has 0 saturated heterocycles. The first kappa shape index (κ1) is 23.9. The Balaban J connectivity index is 2.93. The van der Waals surface area contributed by atoms with Crippen LogP contribution >= 0.6 is 0 Å². The highest BCUT2D eigenvalue weighted by Gasteiger charge is 1.94. The van der Waals surface area contributed by atoms with E-state index in [0.717, 1.165) is 13.1 Å². The van der Waals surface area contributed by atoms with Crippen molar-refractivity contribution in [2.24, 2.45) is 0 Å². The van der Waals surface area contributed by atoms with Crippen LogP contribution in [0.3, 0.4) is 0 Å². The summed E-state index contributed by atoms with van der Waals surface area (Å²) < 4.78 is 0. The molecule has 0 saturated carbocycles. The van der Waals surface area contributed by atoms with E-state index < -0.39 is 0 Å². The number of unbranched alkanes of at least 4 members (excludes halogenated alkanes) is 16. The van der Waals surface area contributed by atoms with Gasteiger partial charge in [0.2, 0.25) is 0 Å². The Morgan fingerprint density at radius 2 is 0.625 bits per heavy atom. The molecule has 2 N–H and O–H groups in total. The van der Waals surface area contributed by atoms with Gasteiger partial charge in [-0.2, -0.15) is 0 Å². The average Bonchev–Trinajstić information content (AvgIpc) is 2.60. The van der Waals surface area contributed by atoms with Crippen molar-refractivity contribution in [2.75, 3.05) is 13.1 Å². The third-order valence-electron chi connectivity index (χ3n) is 4.94. The lowest BCUT2D eigenvalue weighted by atomic mass is 10.0. The van der Waals surface area contributed by atoms with Gasteiger partial charge in [-0.25, -0.2) is 0 Å². The number of hydrazine groups is 1. The van der Waals surface area contributed by atoms with Gasteiger partial charge in [-0.1, -0.05) is 117 Å². The molecular weight excluding hydrogens is 292 g/mol. The third-order valence-corrected chi connectivity index (χ3v) is 4.94. The molecule has 0 radical (unpaired) electrons. The lowest BCUT2D eigenvalue weighted by molar-refractivity contribution is 0.487. The normalized spacial score (nSPS) is 11.2. The molecule has 0 aromatic rings. The summed E-state index contributed by atoms with van der Waals surface area (Å²) in [6.45, 7) is 6.76. The van der Waals surface area contributed by atoms with Crippen LogP contribution in [0, 0.1) is 0 Å². The van der Waals surface area contributed by atoms with Crippen LogP contribution in [0.2, 0.25) is 0 Å². The lowest BCUT2D eigenvalue weighted by Gasteiger charge is -2.06. The Morgan fingerprint density at radius 3 is 1.00 bits per heavy atom. The van der Waals surface area contributed by atoms with Crippen LogP contribution in [0.15, 0.2) is 0 Å². The summed E-state index contributed by atoms with van der Waals surface area (Å²) in [6, 6.07) is 0. The van der Waals surface area contributed by atoms with Gasteiger partial charge in [0, 0.05) is 13.1 Å². The third kappa shape index (κ3) is 21.9. The Kier molecular flexibility index (Phi) is 22.8. The first-order valence-corrected chi connectivity index (χ1v) is 11.4. The fraction of sp³-hybridized carbons (Fsp3) is 1.00. The van der Waals surface area contributed by atoms with Crippen molar-refractivity contribution in [2.45, 2.75) is 129 Å². The van der Waals surface area contributed by atoms with Gasteiger partial charge in [-0.3, -0.25) is 10.9 Å². The molecule has 146 valence electrons. The SMILES string of the molecule is CCCCCCCCCCCCCCCCCCNNCCCC. The molecule has 2 nitrogen and oxygen atoms in total. The molecule has 0 heterocycles. The van der Waals surface area contributed by atoms with Gasteiger partial charge < -0.3 is 0 Å². The average molecular weight is 341 g/mol. The standard InChI is InChI=1S/C22H48N2/c1-3-5-7-8-9-10-11-12-13-14-15-16-17-18-19-20-22-24-23-21-6-4-2/h23-24H,3-22H2,1-2H3. The molecule has 24 heavy (non-hydrogen) atoms. The summed E-state index contributed by atoms with van der Waals surface area (Å²) in [6.07, 6.45) is 25.6. The molecule has 0 spiro atoms. The molecule has 0 unspecified atom stereocenters. The summed E-state index contributed by atoms with van der Waals surface area (Å²) in [4.78, 5) is 0. The highest BCUT2D eigenvalue weighted by molar-refractivity contribution is 4.51. The quantitative estimate of drug-likeness (QED) is 0.171. The minimum absolute atomic E-state index is 1.11.